The highest BCUT2D eigenvalue weighted by Crippen LogP contribution is 2.15. The number of nitrogens with one attached hydrogen (secondary N) is 2. The zero-order chi connectivity index (χ0) is 15.1. The molecule has 0 spiro atoms. The monoisotopic (exact) mass is 280 g/mol. The molecule has 0 radical (unpaired) electrons. The molecule has 20 heavy (non-hydrogen) atoms. The van der Waals surface area contributed by atoms with Crippen molar-refractivity contribution in [2.45, 2.75) is 13.8 Å². The maximum Gasteiger partial charge on any atom is 0.336 e. The number of hydrogen-bond donors (Lipinski definition) is 3. The van der Waals surface area contributed by atoms with Crippen molar-refractivity contribution in [2.24, 2.45) is 5.92 Å². The van der Waals surface area contributed by atoms with Gasteiger partial charge in [0, 0.05) is 19.3 Å². The smallest absolute Gasteiger partial charge is 0.336 e. The molecule has 0 saturated heterocycles. The van der Waals surface area contributed by atoms with Crippen molar-refractivity contribution in [1.82, 2.24) is 5.32 Å². The Morgan fingerprint density at radius 3 is 2.70 bits per heavy atom. The van der Waals surface area contributed by atoms with Gasteiger partial charge in [-0.05, 0) is 30.5 Å². The third kappa shape index (κ3) is 4.89. The summed E-state index contributed by atoms with van der Waals surface area (Å²) in [7, 11) is 1.61. The third-order valence-corrected chi connectivity index (χ3v) is 2.79. The molecule has 0 heterocycles. The van der Waals surface area contributed by atoms with Crippen molar-refractivity contribution in [3.63, 3.8) is 0 Å². The largest absolute Gasteiger partial charge is 0.478 e. The van der Waals surface area contributed by atoms with Crippen molar-refractivity contribution in [3.8, 4) is 0 Å². The lowest BCUT2D eigenvalue weighted by Crippen LogP contribution is -2.33. The van der Waals surface area contributed by atoms with E-state index >= 15 is 0 Å². The maximum absolute atomic E-state index is 11.7. The van der Waals surface area contributed by atoms with Gasteiger partial charge in [-0.15, -0.1) is 0 Å². The summed E-state index contributed by atoms with van der Waals surface area (Å²) < 4.78 is 4.97. The van der Waals surface area contributed by atoms with Crippen LogP contribution in [0, 0.1) is 12.8 Å². The molecule has 1 aromatic rings. The number of anilines is 1. The van der Waals surface area contributed by atoms with Gasteiger partial charge in [0.15, 0.2) is 0 Å². The van der Waals surface area contributed by atoms with Crippen molar-refractivity contribution in [3.05, 3.63) is 29.3 Å². The number of carbonyl (C=O) groups excluding carboxylic acids is 1. The second-order valence-corrected chi connectivity index (χ2v) is 4.73. The van der Waals surface area contributed by atoms with Crippen LogP contribution in [-0.4, -0.2) is 37.4 Å². The molecule has 1 atom stereocenters. The first kappa shape index (κ1) is 16.0. The van der Waals surface area contributed by atoms with E-state index in [2.05, 4.69) is 10.6 Å². The first-order chi connectivity index (χ1) is 9.43. The average molecular weight is 280 g/mol. The van der Waals surface area contributed by atoms with Crippen molar-refractivity contribution < 1.29 is 19.4 Å². The van der Waals surface area contributed by atoms with Gasteiger partial charge in [-0.1, -0.05) is 13.0 Å². The Kier molecular flexibility index (Phi) is 5.99. The zero-order valence-corrected chi connectivity index (χ0v) is 11.9. The van der Waals surface area contributed by atoms with Gasteiger partial charge in [-0.3, -0.25) is 0 Å². The minimum absolute atomic E-state index is 0.176. The highest BCUT2D eigenvalue weighted by atomic mass is 16.5. The van der Waals surface area contributed by atoms with E-state index in [1.165, 1.54) is 6.07 Å². The quantitative estimate of drug-likeness (QED) is 0.744. The van der Waals surface area contributed by atoms with E-state index in [4.69, 9.17) is 9.84 Å². The molecule has 2 amide bonds. The van der Waals surface area contributed by atoms with E-state index < -0.39 is 5.97 Å². The molecular formula is C14H20N2O4. The van der Waals surface area contributed by atoms with Gasteiger partial charge in [0.2, 0.25) is 0 Å². The van der Waals surface area contributed by atoms with Crippen LogP contribution < -0.4 is 10.6 Å². The van der Waals surface area contributed by atoms with Gasteiger partial charge in [-0.25, -0.2) is 9.59 Å². The fraction of sp³-hybridized carbons (Fsp3) is 0.429. The fourth-order valence-electron chi connectivity index (χ4n) is 1.72. The number of aromatic carboxylic acids is 1. The summed E-state index contributed by atoms with van der Waals surface area (Å²) in [5.74, 6) is -0.807. The Balaban J connectivity index is 2.58. The lowest BCUT2D eigenvalue weighted by molar-refractivity contribution is 0.0696. The highest BCUT2D eigenvalue weighted by molar-refractivity contribution is 5.94. The van der Waals surface area contributed by atoms with Crippen LogP contribution in [0.5, 0.6) is 0 Å². The number of carboxylic acids is 1. The number of methoxy groups -OCH3 is 1. The van der Waals surface area contributed by atoms with E-state index in [9.17, 15) is 9.59 Å². The average Bonchev–Trinajstić information content (AvgIpc) is 2.39. The first-order valence-corrected chi connectivity index (χ1v) is 6.31. The van der Waals surface area contributed by atoms with E-state index in [-0.39, 0.29) is 17.5 Å². The molecule has 0 aromatic heterocycles. The fourth-order valence-corrected chi connectivity index (χ4v) is 1.72. The number of rotatable bonds is 6. The van der Waals surface area contributed by atoms with E-state index in [1.54, 1.807) is 26.2 Å². The van der Waals surface area contributed by atoms with Crippen LogP contribution in [0.1, 0.15) is 22.8 Å². The SMILES string of the molecule is COCC(C)CNC(=O)Nc1ccc(C)c(C(=O)O)c1. The van der Waals surface area contributed by atoms with Gasteiger partial charge < -0.3 is 20.5 Å². The van der Waals surface area contributed by atoms with Gasteiger partial charge >= 0.3 is 12.0 Å². The van der Waals surface area contributed by atoms with E-state index in [1.807, 2.05) is 6.92 Å². The van der Waals surface area contributed by atoms with Crippen molar-refractivity contribution in [1.29, 1.82) is 0 Å². The van der Waals surface area contributed by atoms with Crippen molar-refractivity contribution >= 4 is 17.7 Å². The number of urea groups is 1. The lowest BCUT2D eigenvalue weighted by Gasteiger charge is -2.13. The molecule has 1 unspecified atom stereocenters. The van der Waals surface area contributed by atoms with E-state index in [0.29, 0.717) is 24.4 Å². The van der Waals surface area contributed by atoms with Crippen LogP contribution in [0.25, 0.3) is 0 Å². The Labute approximate surface area is 118 Å². The summed E-state index contributed by atoms with van der Waals surface area (Å²) in [5, 5.41) is 14.3. The molecule has 0 aliphatic carbocycles. The summed E-state index contributed by atoms with van der Waals surface area (Å²) in [6.45, 7) is 4.71. The predicted molar refractivity (Wildman–Crippen MR) is 76.2 cm³/mol. The molecule has 3 N–H and O–H groups in total. The van der Waals surface area contributed by atoms with Crippen LogP contribution in [0.4, 0.5) is 10.5 Å². The molecule has 0 fully saturated rings. The molecule has 6 nitrogen and oxygen atoms in total. The summed E-state index contributed by atoms with van der Waals surface area (Å²) in [6, 6.07) is 4.40. The van der Waals surface area contributed by atoms with Gasteiger partial charge in [-0.2, -0.15) is 0 Å². The molecule has 0 aliphatic rings. The first-order valence-electron chi connectivity index (χ1n) is 6.31. The Hall–Kier alpha value is -2.08. The van der Waals surface area contributed by atoms with Gasteiger partial charge in [0.25, 0.3) is 0 Å². The summed E-state index contributed by atoms with van der Waals surface area (Å²) in [4.78, 5) is 22.7. The standard InChI is InChI=1S/C14H20N2O4/c1-9(8-20-3)7-15-14(19)16-11-5-4-10(2)12(6-11)13(17)18/h4-6,9H,7-8H2,1-3H3,(H,17,18)(H2,15,16,19). The second kappa shape index (κ2) is 7.49. The summed E-state index contributed by atoms with van der Waals surface area (Å²) in [6.07, 6.45) is 0. The number of ether oxygens (including phenoxy) is 1. The second-order valence-electron chi connectivity index (χ2n) is 4.73. The third-order valence-electron chi connectivity index (χ3n) is 2.79. The number of carboxylic acid groups (broad SMARTS) is 1. The predicted octanol–water partition coefficient (Wildman–Crippen LogP) is 2.10. The topological polar surface area (TPSA) is 87.7 Å². The lowest BCUT2D eigenvalue weighted by atomic mass is 10.1. The Morgan fingerprint density at radius 1 is 1.40 bits per heavy atom. The normalized spacial score (nSPS) is 11.8. The van der Waals surface area contributed by atoms with Gasteiger partial charge in [0.05, 0.1) is 12.2 Å². The van der Waals surface area contributed by atoms with Gasteiger partial charge in [0.1, 0.15) is 0 Å². The molecule has 1 aromatic carbocycles. The van der Waals surface area contributed by atoms with Crippen LogP contribution in [0.15, 0.2) is 18.2 Å². The number of aryl methyl sites for hydroxylation is 1. The molecule has 110 valence electrons. The molecule has 0 saturated carbocycles. The van der Waals surface area contributed by atoms with Crippen LogP contribution in [-0.2, 0) is 4.74 Å². The molecular weight excluding hydrogens is 260 g/mol. The Morgan fingerprint density at radius 2 is 2.10 bits per heavy atom. The minimum Gasteiger partial charge on any atom is -0.478 e. The van der Waals surface area contributed by atoms with Crippen LogP contribution in [0.2, 0.25) is 0 Å². The molecule has 0 aliphatic heterocycles. The number of amides is 2. The highest BCUT2D eigenvalue weighted by Gasteiger charge is 2.10. The zero-order valence-electron chi connectivity index (χ0n) is 11.9. The van der Waals surface area contributed by atoms with Crippen LogP contribution in [0.3, 0.4) is 0 Å². The van der Waals surface area contributed by atoms with Crippen LogP contribution >= 0.6 is 0 Å². The molecule has 6 heteroatoms. The summed E-state index contributed by atoms with van der Waals surface area (Å²) in [5.41, 5.74) is 1.28. The minimum atomic E-state index is -1.01. The molecule has 0 bridgehead atoms. The number of hydrogen-bond acceptors (Lipinski definition) is 3. The molecule has 1 rings (SSSR count). The van der Waals surface area contributed by atoms with Crippen molar-refractivity contribution in [2.75, 3.05) is 25.6 Å². The maximum atomic E-state index is 11.7. The number of benzene rings is 1. The Bertz CT molecular complexity index is 488. The van der Waals surface area contributed by atoms with E-state index in [0.717, 1.165) is 0 Å². The number of carbonyl (C=O) groups is 2. The summed E-state index contributed by atoms with van der Waals surface area (Å²) >= 11 is 0.